The molecule has 0 amide bonds. The number of esters is 1. The zero-order valence-corrected chi connectivity index (χ0v) is 22.2. The highest BCUT2D eigenvalue weighted by molar-refractivity contribution is 5.81. The molecule has 4 aliphatic carbocycles. The fraction of sp³-hybridized carbons (Fsp3) is 0.893. The molecule has 194 valence electrons. The molecule has 0 aromatic heterocycles. The Kier molecular flexibility index (Phi) is 7.91. The molecule has 0 aromatic rings. The van der Waals surface area contributed by atoms with E-state index in [-0.39, 0.29) is 0 Å². The molecule has 0 bridgehead atoms. The summed E-state index contributed by atoms with van der Waals surface area (Å²) in [6, 6.07) is 0. The molecule has 6 nitrogen and oxygen atoms in total. The molecule has 0 heterocycles. The zero-order chi connectivity index (χ0) is 25.5. The number of ketones is 1. The van der Waals surface area contributed by atoms with Crippen molar-refractivity contribution in [3.63, 3.8) is 0 Å². The van der Waals surface area contributed by atoms with Gasteiger partial charge in [-0.05, 0) is 113 Å². The van der Waals surface area contributed by atoms with Crippen LogP contribution in [-0.2, 0) is 19.1 Å². The van der Waals surface area contributed by atoms with Crippen molar-refractivity contribution in [2.24, 2.45) is 52.1 Å². The minimum atomic E-state index is -1.19. The Hall–Kier alpha value is -1.43. The van der Waals surface area contributed by atoms with Crippen LogP contribution in [0.15, 0.2) is 0 Å². The molecule has 0 aliphatic heterocycles. The van der Waals surface area contributed by atoms with Gasteiger partial charge in [-0.1, -0.05) is 27.2 Å². The number of ether oxygens (including phenoxy) is 1. The van der Waals surface area contributed by atoms with Crippen molar-refractivity contribution in [2.75, 3.05) is 6.61 Å². The first kappa shape index (κ1) is 27.2. The van der Waals surface area contributed by atoms with Crippen LogP contribution < -0.4 is 5.73 Å². The summed E-state index contributed by atoms with van der Waals surface area (Å²) >= 11 is 0. The number of nitrogens with two attached hydrogens (primary N) is 1. The van der Waals surface area contributed by atoms with Gasteiger partial charge >= 0.3 is 11.9 Å². The van der Waals surface area contributed by atoms with Gasteiger partial charge in [0, 0.05) is 5.92 Å². The number of rotatable bonds is 4. The summed E-state index contributed by atoms with van der Waals surface area (Å²) in [5.74, 6) is 3.58. The van der Waals surface area contributed by atoms with Crippen LogP contribution in [-0.4, -0.2) is 35.0 Å². The van der Waals surface area contributed by atoms with Crippen molar-refractivity contribution in [1.82, 2.24) is 0 Å². The number of carbonyl (C=O) groups is 3. The lowest BCUT2D eigenvalue weighted by Crippen LogP contribution is -2.53. The maximum Gasteiger partial charge on any atom is 0.341 e. The van der Waals surface area contributed by atoms with Crippen molar-refractivity contribution in [1.29, 1.82) is 0 Å². The Balaban J connectivity index is 0.000000252. The van der Waals surface area contributed by atoms with E-state index in [4.69, 9.17) is 10.8 Å². The molecule has 4 saturated carbocycles. The fourth-order valence-electron chi connectivity index (χ4n) is 8.45. The van der Waals surface area contributed by atoms with Crippen LogP contribution in [0.4, 0.5) is 0 Å². The van der Waals surface area contributed by atoms with Crippen LogP contribution in [0.25, 0.3) is 0 Å². The molecular weight excluding hydrogens is 430 g/mol. The van der Waals surface area contributed by atoms with Gasteiger partial charge < -0.3 is 15.6 Å². The summed E-state index contributed by atoms with van der Waals surface area (Å²) in [5.41, 5.74) is 5.12. The third-order valence-electron chi connectivity index (χ3n) is 10.3. The van der Waals surface area contributed by atoms with Gasteiger partial charge in [0.2, 0.25) is 0 Å². The second kappa shape index (κ2) is 9.91. The van der Waals surface area contributed by atoms with Crippen molar-refractivity contribution >= 4 is 17.7 Å². The lowest BCUT2D eigenvalue weighted by molar-refractivity contribution is -0.158. The SMILES string of the molecule is CC(=O)C1CCC2C3CCC4CC(C)CCC4(C)C3CCC12C.CC(C)(N)C(=O)OCC(=O)O. The van der Waals surface area contributed by atoms with Crippen molar-refractivity contribution in [3.05, 3.63) is 0 Å². The fourth-order valence-corrected chi connectivity index (χ4v) is 8.45. The molecule has 0 radical (unpaired) electrons. The number of carboxylic acids is 1. The Labute approximate surface area is 205 Å². The van der Waals surface area contributed by atoms with E-state index < -0.39 is 24.1 Å². The summed E-state index contributed by atoms with van der Waals surface area (Å²) in [5, 5.41) is 8.11. The molecule has 0 spiro atoms. The molecular formula is C28H47NO5. The first-order chi connectivity index (χ1) is 15.7. The number of carbonyl (C=O) groups excluding carboxylic acids is 2. The molecule has 4 fully saturated rings. The van der Waals surface area contributed by atoms with Crippen LogP contribution >= 0.6 is 0 Å². The second-order valence-corrected chi connectivity index (χ2v) is 13.0. The van der Waals surface area contributed by atoms with Gasteiger partial charge in [0.1, 0.15) is 11.3 Å². The van der Waals surface area contributed by atoms with Crippen LogP contribution in [0, 0.1) is 46.3 Å². The molecule has 8 unspecified atom stereocenters. The van der Waals surface area contributed by atoms with Gasteiger partial charge in [0.05, 0.1) is 0 Å². The Morgan fingerprint density at radius 3 is 2.18 bits per heavy atom. The van der Waals surface area contributed by atoms with E-state index in [9.17, 15) is 14.4 Å². The largest absolute Gasteiger partial charge is 0.479 e. The summed E-state index contributed by atoms with van der Waals surface area (Å²) in [6.07, 6.45) is 12.6. The van der Waals surface area contributed by atoms with E-state index in [1.807, 2.05) is 6.92 Å². The average Bonchev–Trinajstić information content (AvgIpc) is 3.09. The summed E-state index contributed by atoms with van der Waals surface area (Å²) in [7, 11) is 0. The van der Waals surface area contributed by atoms with E-state index in [0.717, 1.165) is 29.6 Å². The van der Waals surface area contributed by atoms with Crippen LogP contribution in [0.3, 0.4) is 0 Å². The van der Waals surface area contributed by atoms with E-state index in [1.54, 1.807) is 0 Å². The second-order valence-electron chi connectivity index (χ2n) is 13.0. The van der Waals surface area contributed by atoms with Crippen molar-refractivity contribution in [3.8, 4) is 0 Å². The van der Waals surface area contributed by atoms with Gasteiger partial charge in [0.25, 0.3) is 0 Å². The van der Waals surface area contributed by atoms with Gasteiger partial charge in [-0.25, -0.2) is 4.79 Å². The topological polar surface area (TPSA) is 107 Å². The third kappa shape index (κ3) is 5.22. The van der Waals surface area contributed by atoms with Crippen LogP contribution in [0.1, 0.15) is 99.3 Å². The van der Waals surface area contributed by atoms with E-state index in [0.29, 0.717) is 22.5 Å². The minimum absolute atomic E-state index is 0.332. The number of aliphatic carboxylic acids is 1. The standard InChI is InChI=1S/C22H36O.C6H11NO4/c1-14-9-11-21(3)16(13-14)5-6-17-19-8-7-18(15(2)23)22(19,4)12-10-20(17)21;1-6(2,7)5(10)11-3-4(8)9/h14,16-20H,5-13H2,1-4H3;3,7H2,1-2H3,(H,8,9). The Bertz CT molecular complexity index is 788. The lowest BCUT2D eigenvalue weighted by atomic mass is 9.44. The number of fused-ring (bicyclic) bond motifs is 5. The van der Waals surface area contributed by atoms with Gasteiger partial charge in [-0.2, -0.15) is 0 Å². The van der Waals surface area contributed by atoms with E-state index in [1.165, 1.54) is 71.6 Å². The summed E-state index contributed by atoms with van der Waals surface area (Å²) in [4.78, 5) is 32.9. The molecule has 0 saturated heterocycles. The number of Topliss-reactive ketones (excluding diaryl/α,β-unsaturated/α-hetero) is 1. The summed E-state index contributed by atoms with van der Waals surface area (Å²) in [6.45, 7) is 11.7. The third-order valence-corrected chi connectivity index (χ3v) is 10.3. The highest BCUT2D eigenvalue weighted by Crippen LogP contribution is 2.67. The predicted octanol–water partition coefficient (Wildman–Crippen LogP) is 5.22. The normalized spacial score (nSPS) is 41.1. The Morgan fingerprint density at radius 2 is 1.59 bits per heavy atom. The number of hydrogen-bond acceptors (Lipinski definition) is 5. The van der Waals surface area contributed by atoms with E-state index in [2.05, 4.69) is 25.5 Å². The monoisotopic (exact) mass is 477 g/mol. The van der Waals surface area contributed by atoms with Gasteiger partial charge in [0.15, 0.2) is 6.61 Å². The zero-order valence-electron chi connectivity index (χ0n) is 22.2. The average molecular weight is 478 g/mol. The summed E-state index contributed by atoms with van der Waals surface area (Å²) < 4.78 is 4.30. The first-order valence-corrected chi connectivity index (χ1v) is 13.4. The van der Waals surface area contributed by atoms with Crippen LogP contribution in [0.2, 0.25) is 0 Å². The highest BCUT2D eigenvalue weighted by Gasteiger charge is 2.60. The Morgan fingerprint density at radius 1 is 0.971 bits per heavy atom. The lowest BCUT2D eigenvalue weighted by Gasteiger charge is -2.61. The molecule has 0 aromatic carbocycles. The van der Waals surface area contributed by atoms with Crippen molar-refractivity contribution < 1.29 is 24.2 Å². The van der Waals surface area contributed by atoms with Gasteiger partial charge in [-0.3, -0.25) is 9.59 Å². The maximum atomic E-state index is 12.2. The first-order valence-electron chi connectivity index (χ1n) is 13.4. The van der Waals surface area contributed by atoms with E-state index >= 15 is 0 Å². The van der Waals surface area contributed by atoms with Crippen molar-refractivity contribution in [2.45, 2.75) is 105 Å². The number of hydrogen-bond donors (Lipinski definition) is 2. The molecule has 3 N–H and O–H groups in total. The maximum absolute atomic E-state index is 12.2. The predicted molar refractivity (Wildman–Crippen MR) is 132 cm³/mol. The highest BCUT2D eigenvalue weighted by atomic mass is 16.6. The number of carboxylic acid groups (broad SMARTS) is 1. The minimum Gasteiger partial charge on any atom is -0.479 e. The molecule has 6 heteroatoms. The smallest absolute Gasteiger partial charge is 0.341 e. The molecule has 8 atom stereocenters. The molecule has 4 rings (SSSR count). The quantitative estimate of drug-likeness (QED) is 0.538. The molecule has 4 aliphatic rings. The van der Waals surface area contributed by atoms with Crippen LogP contribution in [0.5, 0.6) is 0 Å². The van der Waals surface area contributed by atoms with Gasteiger partial charge in [-0.15, -0.1) is 0 Å². The molecule has 34 heavy (non-hydrogen) atoms.